The maximum absolute atomic E-state index is 11.9. The summed E-state index contributed by atoms with van der Waals surface area (Å²) in [6.07, 6.45) is 1.08. The average molecular weight is 334 g/mol. The third-order valence-corrected chi connectivity index (χ3v) is 3.42. The molecule has 126 valence electrons. The van der Waals surface area contributed by atoms with E-state index in [1.54, 1.807) is 12.3 Å². The van der Waals surface area contributed by atoms with Crippen LogP contribution < -0.4 is 10.1 Å². The molecule has 0 saturated carbocycles. The molecule has 0 aliphatic heterocycles. The van der Waals surface area contributed by atoms with Crippen LogP contribution in [-0.4, -0.2) is 11.1 Å². The summed E-state index contributed by atoms with van der Waals surface area (Å²) >= 11 is 0. The average Bonchev–Trinajstić information content (AvgIpc) is 2.67. The topological polar surface area (TPSA) is 60.5 Å². The molecule has 25 heavy (non-hydrogen) atoms. The van der Waals surface area contributed by atoms with Gasteiger partial charge < -0.3 is 9.47 Å². The molecular weight excluding hydrogens is 316 g/mol. The Balaban J connectivity index is 1.51. The van der Waals surface area contributed by atoms with Gasteiger partial charge in [0, 0.05) is 6.20 Å². The Bertz CT molecular complexity index is 807. The molecule has 0 aliphatic carbocycles. The van der Waals surface area contributed by atoms with Crippen molar-refractivity contribution in [2.75, 3.05) is 5.32 Å². The summed E-state index contributed by atoms with van der Waals surface area (Å²) in [5, 5.41) is 2.62. The molecule has 3 aromatic rings. The number of carbonyl (C=O) groups excluding carboxylic acids is 1. The van der Waals surface area contributed by atoms with Crippen LogP contribution in [0.3, 0.4) is 0 Å². The molecule has 0 fully saturated rings. The number of aromatic nitrogens is 1. The van der Waals surface area contributed by atoms with Crippen molar-refractivity contribution in [3.8, 4) is 5.75 Å². The van der Waals surface area contributed by atoms with Crippen LogP contribution >= 0.6 is 0 Å². The first-order valence-electron chi connectivity index (χ1n) is 7.90. The number of anilines is 1. The first-order chi connectivity index (χ1) is 12.3. The number of rotatable bonds is 6. The zero-order valence-electron chi connectivity index (χ0n) is 13.6. The highest BCUT2D eigenvalue weighted by Gasteiger charge is 2.06. The summed E-state index contributed by atoms with van der Waals surface area (Å²) in [7, 11) is 0. The third-order valence-electron chi connectivity index (χ3n) is 3.42. The van der Waals surface area contributed by atoms with Crippen molar-refractivity contribution >= 4 is 11.9 Å². The predicted molar refractivity (Wildman–Crippen MR) is 95.3 cm³/mol. The Hall–Kier alpha value is -3.34. The number of nitrogens with one attached hydrogen (secondary N) is 1. The van der Waals surface area contributed by atoms with Gasteiger partial charge in [-0.15, -0.1) is 0 Å². The van der Waals surface area contributed by atoms with Gasteiger partial charge in [0.25, 0.3) is 0 Å². The molecule has 1 aromatic heterocycles. The van der Waals surface area contributed by atoms with Gasteiger partial charge in [-0.1, -0.05) is 48.5 Å². The lowest BCUT2D eigenvalue weighted by atomic mass is 10.2. The second kappa shape index (κ2) is 8.49. The first-order valence-corrected chi connectivity index (χ1v) is 7.90. The minimum Gasteiger partial charge on any atom is -0.489 e. The molecule has 0 unspecified atom stereocenters. The lowest BCUT2D eigenvalue weighted by Crippen LogP contribution is -2.14. The van der Waals surface area contributed by atoms with Crippen LogP contribution in [0.5, 0.6) is 5.75 Å². The van der Waals surface area contributed by atoms with Gasteiger partial charge in [0.15, 0.2) is 0 Å². The minimum absolute atomic E-state index is 0.212. The van der Waals surface area contributed by atoms with Crippen molar-refractivity contribution in [1.29, 1.82) is 0 Å². The van der Waals surface area contributed by atoms with E-state index in [9.17, 15) is 4.79 Å². The minimum atomic E-state index is -0.544. The fourth-order valence-corrected chi connectivity index (χ4v) is 2.18. The van der Waals surface area contributed by atoms with Crippen molar-refractivity contribution in [1.82, 2.24) is 4.98 Å². The van der Waals surface area contributed by atoms with Crippen LogP contribution in [-0.2, 0) is 18.0 Å². The Labute approximate surface area is 146 Å². The van der Waals surface area contributed by atoms with E-state index >= 15 is 0 Å². The van der Waals surface area contributed by atoms with Gasteiger partial charge >= 0.3 is 6.09 Å². The summed E-state index contributed by atoms with van der Waals surface area (Å²) in [4.78, 5) is 16.0. The molecule has 5 nitrogen and oxygen atoms in total. The van der Waals surface area contributed by atoms with E-state index in [4.69, 9.17) is 9.47 Å². The number of amides is 1. The zero-order valence-corrected chi connectivity index (χ0v) is 13.6. The van der Waals surface area contributed by atoms with Crippen molar-refractivity contribution in [3.63, 3.8) is 0 Å². The molecule has 0 aliphatic rings. The monoisotopic (exact) mass is 334 g/mol. The lowest BCUT2D eigenvalue weighted by molar-refractivity contribution is 0.155. The van der Waals surface area contributed by atoms with Crippen molar-refractivity contribution < 1.29 is 14.3 Å². The smallest absolute Gasteiger partial charge is 0.413 e. The van der Waals surface area contributed by atoms with Gasteiger partial charge in [-0.25, -0.2) is 9.78 Å². The number of pyridine rings is 1. The number of para-hydroxylation sites is 1. The molecular formula is C20H18N2O3. The summed E-state index contributed by atoms with van der Waals surface area (Å²) in [5.41, 5.74) is 1.83. The largest absolute Gasteiger partial charge is 0.489 e. The summed E-state index contributed by atoms with van der Waals surface area (Å²) < 4.78 is 10.9. The molecule has 0 spiro atoms. The second-order valence-electron chi connectivity index (χ2n) is 5.34. The van der Waals surface area contributed by atoms with E-state index in [-0.39, 0.29) is 6.61 Å². The Morgan fingerprint density at radius 1 is 0.880 bits per heavy atom. The van der Waals surface area contributed by atoms with E-state index in [1.807, 2.05) is 66.7 Å². The lowest BCUT2D eigenvalue weighted by Gasteiger charge is -2.09. The van der Waals surface area contributed by atoms with Crippen molar-refractivity contribution in [2.45, 2.75) is 13.2 Å². The maximum Gasteiger partial charge on any atom is 0.413 e. The Morgan fingerprint density at radius 2 is 1.60 bits per heavy atom. The Kier molecular flexibility index (Phi) is 5.61. The molecule has 1 heterocycles. The number of carbonyl (C=O) groups is 1. The normalized spacial score (nSPS) is 10.1. The number of hydrogen-bond acceptors (Lipinski definition) is 4. The van der Waals surface area contributed by atoms with Gasteiger partial charge in [-0.05, 0) is 35.4 Å². The molecule has 0 atom stereocenters. The van der Waals surface area contributed by atoms with Crippen LogP contribution in [0.15, 0.2) is 79.0 Å². The van der Waals surface area contributed by atoms with E-state index in [0.29, 0.717) is 12.4 Å². The quantitative estimate of drug-likeness (QED) is 0.725. The maximum atomic E-state index is 11.9. The van der Waals surface area contributed by atoms with E-state index in [0.717, 1.165) is 16.9 Å². The molecule has 1 amide bonds. The highest BCUT2D eigenvalue weighted by molar-refractivity contribution is 5.83. The van der Waals surface area contributed by atoms with E-state index in [1.165, 1.54) is 0 Å². The number of benzene rings is 2. The van der Waals surface area contributed by atoms with Gasteiger partial charge in [-0.3, -0.25) is 5.32 Å². The number of nitrogens with zero attached hydrogens (tertiary/aromatic N) is 1. The molecule has 1 N–H and O–H groups in total. The Morgan fingerprint density at radius 3 is 2.36 bits per heavy atom. The molecule has 3 rings (SSSR count). The van der Waals surface area contributed by atoms with Gasteiger partial charge in [0.05, 0.1) is 0 Å². The zero-order chi connectivity index (χ0) is 17.3. The highest BCUT2D eigenvalue weighted by atomic mass is 16.5. The van der Waals surface area contributed by atoms with Gasteiger partial charge in [-0.2, -0.15) is 0 Å². The summed E-state index contributed by atoms with van der Waals surface area (Å²) in [6.45, 7) is 0.601. The first kappa shape index (κ1) is 16.5. The molecule has 0 bridgehead atoms. The fourth-order valence-electron chi connectivity index (χ4n) is 2.18. The van der Waals surface area contributed by atoms with Crippen LogP contribution in [0.2, 0.25) is 0 Å². The number of hydrogen-bond donors (Lipinski definition) is 1. The highest BCUT2D eigenvalue weighted by Crippen LogP contribution is 2.13. The van der Waals surface area contributed by atoms with E-state index < -0.39 is 6.09 Å². The summed E-state index contributed by atoms with van der Waals surface area (Å²) in [6, 6.07) is 22.6. The van der Waals surface area contributed by atoms with Gasteiger partial charge in [0.1, 0.15) is 24.8 Å². The predicted octanol–water partition coefficient (Wildman–Crippen LogP) is 4.41. The van der Waals surface area contributed by atoms with Crippen LogP contribution in [0.4, 0.5) is 10.6 Å². The van der Waals surface area contributed by atoms with Crippen LogP contribution in [0, 0.1) is 0 Å². The van der Waals surface area contributed by atoms with Crippen molar-refractivity contribution in [3.05, 3.63) is 90.1 Å². The standard InChI is InChI=1S/C20H18N2O3/c23-20(25-14-16-7-3-1-4-8-16)22-19-13-17(11-12-21-19)15-24-18-9-5-2-6-10-18/h1-13H,14-15H2,(H,21,22,23). The number of ether oxygens (including phenoxy) is 2. The second-order valence-corrected chi connectivity index (χ2v) is 5.34. The van der Waals surface area contributed by atoms with Crippen molar-refractivity contribution in [2.24, 2.45) is 0 Å². The van der Waals surface area contributed by atoms with Gasteiger partial charge in [0.2, 0.25) is 0 Å². The fraction of sp³-hybridized carbons (Fsp3) is 0.100. The molecule has 0 saturated heterocycles. The molecule has 5 heteroatoms. The van der Waals surface area contributed by atoms with Crippen LogP contribution in [0.1, 0.15) is 11.1 Å². The molecule has 2 aromatic carbocycles. The third kappa shape index (κ3) is 5.35. The molecule has 0 radical (unpaired) electrons. The SMILES string of the molecule is O=C(Nc1cc(COc2ccccc2)ccn1)OCc1ccccc1. The summed E-state index contributed by atoms with van der Waals surface area (Å²) in [5.74, 6) is 1.21. The van der Waals surface area contributed by atoms with Crippen LogP contribution in [0.25, 0.3) is 0 Å². The van der Waals surface area contributed by atoms with E-state index in [2.05, 4.69) is 10.3 Å².